The van der Waals surface area contributed by atoms with Crippen LogP contribution in [0.25, 0.3) is 0 Å². The Morgan fingerprint density at radius 1 is 1.44 bits per heavy atom. The van der Waals surface area contributed by atoms with Crippen LogP contribution in [-0.2, 0) is 9.53 Å². The zero-order chi connectivity index (χ0) is 13.7. The van der Waals surface area contributed by atoms with E-state index in [1.165, 1.54) is 14.2 Å². The van der Waals surface area contributed by atoms with Crippen molar-refractivity contribution in [3.63, 3.8) is 0 Å². The minimum atomic E-state index is -0.872. The predicted molar refractivity (Wildman–Crippen MR) is 68.8 cm³/mol. The average molecular weight is 273 g/mol. The lowest BCUT2D eigenvalue weighted by Gasteiger charge is -2.18. The van der Waals surface area contributed by atoms with Crippen molar-refractivity contribution < 1.29 is 19.4 Å². The molecule has 1 N–H and O–H groups in total. The summed E-state index contributed by atoms with van der Waals surface area (Å²) in [5.41, 5.74) is 0.498. The van der Waals surface area contributed by atoms with Crippen molar-refractivity contribution in [2.24, 2.45) is 5.92 Å². The maximum atomic E-state index is 11.3. The standard InChI is InChI=1S/C13H17ClO4/c1-8(13(16)18-3)7-10(15)12-9(14)5-4-6-11(12)17-2/h4-6,8,10,15H,7H2,1-3H3. The summed E-state index contributed by atoms with van der Waals surface area (Å²) >= 11 is 6.04. The minimum absolute atomic E-state index is 0.229. The highest BCUT2D eigenvalue weighted by Crippen LogP contribution is 2.35. The van der Waals surface area contributed by atoms with Crippen LogP contribution < -0.4 is 4.74 Å². The van der Waals surface area contributed by atoms with Crippen LogP contribution >= 0.6 is 11.6 Å². The molecule has 2 unspecified atom stereocenters. The van der Waals surface area contributed by atoms with Crippen LogP contribution in [0.15, 0.2) is 18.2 Å². The zero-order valence-electron chi connectivity index (χ0n) is 10.6. The topological polar surface area (TPSA) is 55.8 Å². The number of hydrogen-bond donors (Lipinski definition) is 1. The number of ether oxygens (including phenoxy) is 2. The second-order valence-corrected chi connectivity index (χ2v) is 4.44. The molecular formula is C13H17ClO4. The van der Waals surface area contributed by atoms with Crippen molar-refractivity contribution in [1.29, 1.82) is 0 Å². The van der Waals surface area contributed by atoms with Crippen LogP contribution in [0.3, 0.4) is 0 Å². The summed E-state index contributed by atoms with van der Waals surface area (Å²) in [6, 6.07) is 5.12. The third-order valence-electron chi connectivity index (χ3n) is 2.75. The minimum Gasteiger partial charge on any atom is -0.496 e. The largest absolute Gasteiger partial charge is 0.496 e. The summed E-state index contributed by atoms with van der Waals surface area (Å²) in [5, 5.41) is 10.6. The van der Waals surface area contributed by atoms with Crippen molar-refractivity contribution in [3.8, 4) is 5.75 Å². The van der Waals surface area contributed by atoms with E-state index < -0.39 is 12.0 Å². The third-order valence-corrected chi connectivity index (χ3v) is 3.08. The van der Waals surface area contributed by atoms with Crippen molar-refractivity contribution in [1.82, 2.24) is 0 Å². The summed E-state index contributed by atoms with van der Waals surface area (Å²) in [7, 11) is 2.83. The van der Waals surface area contributed by atoms with Gasteiger partial charge >= 0.3 is 5.97 Å². The Morgan fingerprint density at radius 2 is 2.11 bits per heavy atom. The first-order valence-corrected chi connectivity index (χ1v) is 5.97. The normalized spacial score (nSPS) is 13.8. The van der Waals surface area contributed by atoms with Crippen LogP contribution in [0.4, 0.5) is 0 Å². The average Bonchev–Trinajstić information content (AvgIpc) is 2.36. The molecule has 1 aromatic rings. The van der Waals surface area contributed by atoms with Gasteiger partial charge in [0.2, 0.25) is 0 Å². The molecule has 100 valence electrons. The van der Waals surface area contributed by atoms with Gasteiger partial charge in [-0.25, -0.2) is 0 Å². The first-order valence-electron chi connectivity index (χ1n) is 5.59. The predicted octanol–water partition coefficient (Wildman–Crippen LogP) is 2.58. The fraction of sp³-hybridized carbons (Fsp3) is 0.462. The first kappa shape index (κ1) is 14.8. The van der Waals surface area contributed by atoms with Gasteiger partial charge in [-0.05, 0) is 18.6 Å². The summed E-state index contributed by atoms with van der Waals surface area (Å²) in [5.74, 6) is -0.266. The van der Waals surface area contributed by atoms with Crippen LogP contribution in [0.2, 0.25) is 5.02 Å². The van der Waals surface area contributed by atoms with Gasteiger partial charge in [0, 0.05) is 5.56 Å². The Hall–Kier alpha value is -1.26. The van der Waals surface area contributed by atoms with Gasteiger partial charge < -0.3 is 14.6 Å². The van der Waals surface area contributed by atoms with Crippen molar-refractivity contribution in [2.45, 2.75) is 19.4 Å². The molecule has 1 aromatic carbocycles. The zero-order valence-corrected chi connectivity index (χ0v) is 11.4. The van der Waals surface area contributed by atoms with E-state index in [0.717, 1.165) is 0 Å². The van der Waals surface area contributed by atoms with Crippen molar-refractivity contribution >= 4 is 17.6 Å². The molecule has 0 spiro atoms. The molecule has 0 radical (unpaired) electrons. The molecule has 5 heteroatoms. The Kier molecular flexibility index (Phi) is 5.44. The van der Waals surface area contributed by atoms with E-state index in [0.29, 0.717) is 16.3 Å². The second kappa shape index (κ2) is 6.61. The Labute approximate surface area is 111 Å². The Morgan fingerprint density at radius 3 is 2.67 bits per heavy atom. The highest BCUT2D eigenvalue weighted by atomic mass is 35.5. The van der Waals surface area contributed by atoms with Crippen LogP contribution in [0.5, 0.6) is 5.75 Å². The van der Waals surface area contributed by atoms with Gasteiger partial charge in [-0.1, -0.05) is 24.6 Å². The molecule has 0 fully saturated rings. The maximum absolute atomic E-state index is 11.3. The van der Waals surface area contributed by atoms with Gasteiger partial charge in [0.15, 0.2) is 0 Å². The molecule has 4 nitrogen and oxygen atoms in total. The van der Waals surface area contributed by atoms with Crippen LogP contribution in [-0.4, -0.2) is 25.3 Å². The van der Waals surface area contributed by atoms with Gasteiger partial charge in [0.25, 0.3) is 0 Å². The quantitative estimate of drug-likeness (QED) is 0.837. The molecule has 0 aromatic heterocycles. The van der Waals surface area contributed by atoms with Gasteiger partial charge in [0.05, 0.1) is 31.3 Å². The Balaban J connectivity index is 2.90. The fourth-order valence-corrected chi connectivity index (χ4v) is 2.06. The van der Waals surface area contributed by atoms with Gasteiger partial charge in [0.1, 0.15) is 5.75 Å². The van der Waals surface area contributed by atoms with Crippen LogP contribution in [0.1, 0.15) is 25.0 Å². The highest BCUT2D eigenvalue weighted by Gasteiger charge is 2.23. The molecule has 0 aliphatic rings. The monoisotopic (exact) mass is 272 g/mol. The van der Waals surface area contributed by atoms with Gasteiger partial charge in [-0.3, -0.25) is 4.79 Å². The molecule has 0 saturated carbocycles. The van der Waals surface area contributed by atoms with E-state index in [4.69, 9.17) is 16.3 Å². The van der Waals surface area contributed by atoms with Crippen molar-refractivity contribution in [2.75, 3.05) is 14.2 Å². The smallest absolute Gasteiger partial charge is 0.308 e. The lowest BCUT2D eigenvalue weighted by atomic mass is 9.97. The molecule has 0 bridgehead atoms. The summed E-state index contributed by atoms with van der Waals surface area (Å²) in [6.07, 6.45) is -0.644. The highest BCUT2D eigenvalue weighted by molar-refractivity contribution is 6.31. The number of aliphatic hydroxyl groups is 1. The number of methoxy groups -OCH3 is 2. The number of carbonyl (C=O) groups is 1. The number of aliphatic hydroxyl groups excluding tert-OH is 1. The van der Waals surface area contributed by atoms with E-state index in [-0.39, 0.29) is 12.4 Å². The molecule has 18 heavy (non-hydrogen) atoms. The molecule has 0 aliphatic heterocycles. The first-order chi connectivity index (χ1) is 8.51. The van der Waals surface area contributed by atoms with E-state index >= 15 is 0 Å². The molecule has 1 rings (SSSR count). The lowest BCUT2D eigenvalue weighted by molar-refractivity contribution is -0.145. The summed E-state index contributed by atoms with van der Waals surface area (Å²) < 4.78 is 9.78. The number of carbonyl (C=O) groups excluding carboxylic acids is 1. The molecule has 0 saturated heterocycles. The lowest BCUT2D eigenvalue weighted by Crippen LogP contribution is -2.16. The number of halogens is 1. The number of benzene rings is 1. The van der Waals surface area contributed by atoms with E-state index in [9.17, 15) is 9.90 Å². The third kappa shape index (κ3) is 3.37. The number of rotatable bonds is 5. The van der Waals surface area contributed by atoms with E-state index in [1.54, 1.807) is 25.1 Å². The molecule has 2 atom stereocenters. The fourth-order valence-electron chi connectivity index (χ4n) is 1.77. The number of esters is 1. The number of hydrogen-bond acceptors (Lipinski definition) is 4. The molecule has 0 aliphatic carbocycles. The summed E-state index contributed by atoms with van der Waals surface area (Å²) in [6.45, 7) is 1.69. The van der Waals surface area contributed by atoms with Crippen molar-refractivity contribution in [3.05, 3.63) is 28.8 Å². The second-order valence-electron chi connectivity index (χ2n) is 4.03. The van der Waals surface area contributed by atoms with Gasteiger partial charge in [-0.2, -0.15) is 0 Å². The SMILES string of the molecule is COC(=O)C(C)CC(O)c1c(Cl)cccc1OC. The Bertz CT molecular complexity index is 419. The van der Waals surface area contributed by atoms with Gasteiger partial charge in [-0.15, -0.1) is 0 Å². The summed E-state index contributed by atoms with van der Waals surface area (Å²) in [4.78, 5) is 11.3. The van der Waals surface area contributed by atoms with Crippen LogP contribution in [0, 0.1) is 5.92 Å². The molecular weight excluding hydrogens is 256 g/mol. The van der Waals surface area contributed by atoms with E-state index in [1.807, 2.05) is 0 Å². The molecule has 0 heterocycles. The maximum Gasteiger partial charge on any atom is 0.308 e. The molecule has 0 amide bonds. The van der Waals surface area contributed by atoms with E-state index in [2.05, 4.69) is 4.74 Å².